The van der Waals surface area contributed by atoms with E-state index in [4.69, 9.17) is 4.74 Å². The molecule has 5 heteroatoms. The molecule has 0 unspecified atom stereocenters. The van der Waals surface area contributed by atoms with Gasteiger partial charge in [0.2, 0.25) is 0 Å². The number of hydrogen-bond donors (Lipinski definition) is 1. The number of nitrogens with zero attached hydrogens (tertiary/aromatic N) is 2. The Morgan fingerprint density at radius 2 is 1.52 bits per heavy atom. The van der Waals surface area contributed by atoms with Gasteiger partial charge in [-0.25, -0.2) is 0 Å². The Labute approximate surface area is 200 Å². The number of methoxy groups -OCH3 is 1. The number of nitrogens with one attached hydrogen (secondary N) is 1. The predicted molar refractivity (Wildman–Crippen MR) is 140 cm³/mol. The molecule has 0 amide bonds. The third-order valence-corrected chi connectivity index (χ3v) is 7.10. The molecular weight excluding hydrogens is 426 g/mol. The minimum absolute atomic E-state index is 0.954. The van der Waals surface area contributed by atoms with Gasteiger partial charge in [0.25, 0.3) is 0 Å². The summed E-state index contributed by atoms with van der Waals surface area (Å²) in [4.78, 5) is 6.19. The third kappa shape index (κ3) is 5.10. The molecule has 1 aliphatic heterocycles. The summed E-state index contributed by atoms with van der Waals surface area (Å²) in [7, 11) is 1.74. The Morgan fingerprint density at radius 1 is 0.788 bits per heavy atom. The molecule has 4 nitrogen and oxygen atoms in total. The highest BCUT2D eigenvalue weighted by Gasteiger charge is 2.19. The minimum Gasteiger partial charge on any atom is -0.495 e. The van der Waals surface area contributed by atoms with Crippen LogP contribution < -0.4 is 14.4 Å². The maximum Gasteiger partial charge on any atom is 0.142 e. The first-order valence-electron chi connectivity index (χ1n) is 11.4. The van der Waals surface area contributed by atoms with Crippen molar-refractivity contribution < 1.29 is 4.74 Å². The summed E-state index contributed by atoms with van der Waals surface area (Å²) >= 11 is 1.67. The second-order valence-corrected chi connectivity index (χ2v) is 9.16. The van der Waals surface area contributed by atoms with Gasteiger partial charge >= 0.3 is 0 Å². The van der Waals surface area contributed by atoms with Crippen LogP contribution in [0, 0.1) is 0 Å². The van der Waals surface area contributed by atoms with Gasteiger partial charge < -0.3 is 14.4 Å². The van der Waals surface area contributed by atoms with Gasteiger partial charge in [-0.1, -0.05) is 60.7 Å². The van der Waals surface area contributed by atoms with E-state index in [9.17, 15) is 0 Å². The van der Waals surface area contributed by atoms with E-state index in [2.05, 4.69) is 93.4 Å². The SMILES string of the molecule is COc1ccccc1N1CCN(Cc2ccc(NSc3cccc4ccccc34)cc2)CC1. The van der Waals surface area contributed by atoms with Gasteiger partial charge in [0.1, 0.15) is 5.75 Å². The summed E-state index contributed by atoms with van der Waals surface area (Å²) in [5.74, 6) is 0.954. The molecule has 0 spiro atoms. The van der Waals surface area contributed by atoms with Crippen molar-refractivity contribution in [2.75, 3.05) is 42.9 Å². The lowest BCUT2D eigenvalue weighted by molar-refractivity contribution is 0.249. The number of anilines is 2. The monoisotopic (exact) mass is 455 g/mol. The van der Waals surface area contributed by atoms with Crippen LogP contribution in [0.4, 0.5) is 11.4 Å². The zero-order chi connectivity index (χ0) is 22.5. The van der Waals surface area contributed by atoms with Crippen LogP contribution in [0.15, 0.2) is 95.9 Å². The zero-order valence-corrected chi connectivity index (χ0v) is 19.7. The van der Waals surface area contributed by atoms with Gasteiger partial charge in [-0.05, 0) is 58.6 Å². The van der Waals surface area contributed by atoms with Crippen LogP contribution in [0.5, 0.6) is 5.75 Å². The van der Waals surface area contributed by atoms with Crippen molar-refractivity contribution in [3.8, 4) is 5.75 Å². The van der Waals surface area contributed by atoms with E-state index in [-0.39, 0.29) is 0 Å². The van der Waals surface area contributed by atoms with Gasteiger partial charge in [-0.3, -0.25) is 4.90 Å². The molecule has 4 aromatic rings. The van der Waals surface area contributed by atoms with Crippen LogP contribution in [0.1, 0.15) is 5.56 Å². The molecule has 0 bridgehead atoms. The van der Waals surface area contributed by atoms with E-state index < -0.39 is 0 Å². The first-order chi connectivity index (χ1) is 16.3. The molecule has 1 saturated heterocycles. The smallest absolute Gasteiger partial charge is 0.142 e. The second-order valence-electron chi connectivity index (χ2n) is 8.31. The summed E-state index contributed by atoms with van der Waals surface area (Å²) in [6.45, 7) is 5.11. The number of hydrogen-bond acceptors (Lipinski definition) is 5. The summed E-state index contributed by atoms with van der Waals surface area (Å²) in [6.07, 6.45) is 0. The molecule has 0 aromatic heterocycles. The Balaban J connectivity index is 1.15. The lowest BCUT2D eigenvalue weighted by Gasteiger charge is -2.36. The Hall–Kier alpha value is -3.15. The minimum atomic E-state index is 0.954. The lowest BCUT2D eigenvalue weighted by atomic mass is 10.1. The number of para-hydroxylation sites is 2. The van der Waals surface area contributed by atoms with Crippen LogP contribution in [0.3, 0.4) is 0 Å². The number of rotatable bonds is 7. The van der Waals surface area contributed by atoms with Crippen molar-refractivity contribution in [1.29, 1.82) is 0 Å². The van der Waals surface area contributed by atoms with E-state index in [1.54, 1.807) is 19.1 Å². The first kappa shape index (κ1) is 21.7. The maximum absolute atomic E-state index is 5.54. The standard InChI is InChI=1S/C28H29N3OS/c1-32-27-11-5-4-10-26(27)31-19-17-30(18-20-31)21-22-13-15-24(16-14-22)29-33-28-12-6-8-23-7-2-3-9-25(23)28/h2-16,29H,17-21H2,1H3. The number of piperazine rings is 1. The summed E-state index contributed by atoms with van der Waals surface area (Å²) in [5, 5.41) is 2.55. The van der Waals surface area contributed by atoms with Crippen LogP contribution in [0.2, 0.25) is 0 Å². The molecule has 0 radical (unpaired) electrons. The van der Waals surface area contributed by atoms with Gasteiger partial charge in [-0.2, -0.15) is 0 Å². The number of ether oxygens (including phenoxy) is 1. The van der Waals surface area contributed by atoms with E-state index in [0.29, 0.717) is 0 Å². The maximum atomic E-state index is 5.54. The fraction of sp³-hybridized carbons (Fsp3) is 0.214. The Bertz CT molecular complexity index is 1200. The average molecular weight is 456 g/mol. The van der Waals surface area contributed by atoms with E-state index >= 15 is 0 Å². The highest BCUT2D eigenvalue weighted by atomic mass is 32.2. The largest absolute Gasteiger partial charge is 0.495 e. The third-order valence-electron chi connectivity index (χ3n) is 6.19. The van der Waals surface area contributed by atoms with Gasteiger partial charge in [0.05, 0.1) is 12.8 Å². The molecule has 0 aliphatic carbocycles. The quantitative estimate of drug-likeness (QED) is 0.331. The van der Waals surface area contributed by atoms with Crippen molar-refractivity contribution in [3.63, 3.8) is 0 Å². The molecule has 1 fully saturated rings. The topological polar surface area (TPSA) is 27.7 Å². The zero-order valence-electron chi connectivity index (χ0n) is 18.9. The van der Waals surface area contributed by atoms with Gasteiger partial charge in [0, 0.05) is 43.3 Å². The number of benzene rings is 4. The highest BCUT2D eigenvalue weighted by molar-refractivity contribution is 8.00. The highest BCUT2D eigenvalue weighted by Crippen LogP contribution is 2.30. The Morgan fingerprint density at radius 3 is 2.33 bits per heavy atom. The summed E-state index contributed by atoms with van der Waals surface area (Å²) in [6, 6.07) is 32.1. The van der Waals surface area contributed by atoms with Crippen LogP contribution in [-0.4, -0.2) is 38.2 Å². The average Bonchev–Trinajstić information content (AvgIpc) is 2.89. The van der Waals surface area contributed by atoms with Crippen molar-refractivity contribution in [3.05, 3.63) is 96.6 Å². The molecule has 0 atom stereocenters. The fourth-order valence-electron chi connectivity index (χ4n) is 4.37. The Kier molecular flexibility index (Phi) is 6.70. The summed E-state index contributed by atoms with van der Waals surface area (Å²) in [5.41, 5.74) is 3.66. The normalized spacial score (nSPS) is 14.4. The van der Waals surface area contributed by atoms with Gasteiger partial charge in [0.15, 0.2) is 0 Å². The van der Waals surface area contributed by atoms with Crippen molar-refractivity contribution in [1.82, 2.24) is 4.90 Å². The van der Waals surface area contributed by atoms with Crippen molar-refractivity contribution in [2.24, 2.45) is 0 Å². The molecule has 5 rings (SSSR count). The van der Waals surface area contributed by atoms with E-state index in [1.807, 2.05) is 12.1 Å². The lowest BCUT2D eigenvalue weighted by Crippen LogP contribution is -2.46. The molecule has 33 heavy (non-hydrogen) atoms. The van der Waals surface area contributed by atoms with Crippen molar-refractivity contribution >= 4 is 34.1 Å². The molecule has 1 aliphatic rings. The fourth-order valence-corrected chi connectivity index (χ4v) is 5.18. The predicted octanol–water partition coefficient (Wildman–Crippen LogP) is 6.29. The summed E-state index contributed by atoms with van der Waals surface area (Å²) < 4.78 is 9.04. The van der Waals surface area contributed by atoms with Crippen LogP contribution in [-0.2, 0) is 6.54 Å². The van der Waals surface area contributed by atoms with Crippen molar-refractivity contribution in [2.45, 2.75) is 11.4 Å². The molecule has 4 aromatic carbocycles. The molecule has 168 valence electrons. The van der Waals surface area contributed by atoms with Gasteiger partial charge in [-0.15, -0.1) is 0 Å². The second kappa shape index (κ2) is 10.2. The molecule has 0 saturated carbocycles. The first-order valence-corrected chi connectivity index (χ1v) is 12.2. The molecule has 1 heterocycles. The molecule has 1 N–H and O–H groups in total. The van der Waals surface area contributed by atoms with E-state index in [0.717, 1.165) is 44.2 Å². The van der Waals surface area contributed by atoms with Crippen LogP contribution >= 0.6 is 11.9 Å². The molecular formula is C28H29N3OS. The van der Waals surface area contributed by atoms with Crippen LogP contribution in [0.25, 0.3) is 10.8 Å². The van der Waals surface area contributed by atoms with E-state index in [1.165, 1.54) is 26.9 Å². The number of fused-ring (bicyclic) bond motifs is 1.